The Labute approximate surface area is 163 Å². The lowest BCUT2D eigenvalue weighted by Gasteiger charge is -2.13. The van der Waals surface area contributed by atoms with Gasteiger partial charge in [0.1, 0.15) is 5.75 Å². The maximum absolute atomic E-state index is 11.8. The summed E-state index contributed by atoms with van der Waals surface area (Å²) in [6.45, 7) is -0.265. The molecule has 0 saturated heterocycles. The van der Waals surface area contributed by atoms with E-state index in [0.29, 0.717) is 10.2 Å². The molecule has 0 spiro atoms. The number of phenols is 1. The highest BCUT2D eigenvalue weighted by molar-refractivity contribution is 9.10. The molecule has 142 valence electrons. The minimum atomic E-state index is -0.717. The number of benzene rings is 2. The van der Waals surface area contributed by atoms with Crippen molar-refractivity contribution in [2.75, 3.05) is 25.6 Å². The molecule has 10 heteroatoms. The van der Waals surface area contributed by atoms with E-state index in [1.165, 1.54) is 12.1 Å². The fraction of sp³-hybridized carbons (Fsp3) is 0.176. The van der Waals surface area contributed by atoms with Gasteiger partial charge in [0.2, 0.25) is 5.75 Å². The number of carbonyl (C=O) groups excluding carboxylic acids is 1. The van der Waals surface area contributed by atoms with Crippen LogP contribution in [-0.4, -0.2) is 42.9 Å². The number of hydrazone groups is 1. The fourth-order valence-electron chi connectivity index (χ4n) is 2.05. The zero-order valence-electron chi connectivity index (χ0n) is 14.5. The number of phenolic OH excluding ortho intramolecular Hbond substituents is 1. The van der Waals surface area contributed by atoms with E-state index in [1.807, 2.05) is 31.1 Å². The molecular formula is C17H17BrN4O5. The third-order valence-corrected chi connectivity index (χ3v) is 3.84. The standard InChI is InChI=1S/C17H17BrN4O5/c1-21(2)13-4-3-5-14(8-13)27-10-16(23)20-19-9-11-6-12(18)7-15(17(11)24)22(25)26/h3-9,24H,10H2,1-2H3,(H,20,23)/b19-9+. The molecule has 2 N–H and O–H groups in total. The van der Waals surface area contributed by atoms with E-state index in [9.17, 15) is 20.0 Å². The van der Waals surface area contributed by atoms with Crippen LogP contribution in [0.2, 0.25) is 0 Å². The van der Waals surface area contributed by atoms with Crippen molar-refractivity contribution in [1.29, 1.82) is 0 Å². The van der Waals surface area contributed by atoms with Gasteiger partial charge in [-0.2, -0.15) is 5.10 Å². The SMILES string of the molecule is CN(C)c1cccc(OCC(=O)N/N=C/c2cc(Br)cc([N+](=O)[O-])c2O)c1. The van der Waals surface area contributed by atoms with Gasteiger partial charge in [0.25, 0.3) is 5.91 Å². The van der Waals surface area contributed by atoms with E-state index < -0.39 is 22.3 Å². The molecule has 0 atom stereocenters. The number of aromatic hydroxyl groups is 1. The summed E-state index contributed by atoms with van der Waals surface area (Å²) in [5.41, 5.74) is 2.77. The molecule has 0 aliphatic rings. The topological polar surface area (TPSA) is 117 Å². The Morgan fingerprint density at radius 3 is 2.81 bits per heavy atom. The molecule has 2 rings (SSSR count). The van der Waals surface area contributed by atoms with Crippen LogP contribution >= 0.6 is 15.9 Å². The number of rotatable bonds is 7. The van der Waals surface area contributed by atoms with Crippen LogP contribution in [0.25, 0.3) is 0 Å². The fourth-order valence-corrected chi connectivity index (χ4v) is 2.51. The number of hydrogen-bond donors (Lipinski definition) is 2. The first kappa shape index (κ1) is 20.2. The Balaban J connectivity index is 1.96. The van der Waals surface area contributed by atoms with Gasteiger partial charge in [0, 0.05) is 42.0 Å². The van der Waals surface area contributed by atoms with Crippen LogP contribution in [0.3, 0.4) is 0 Å². The van der Waals surface area contributed by atoms with E-state index in [2.05, 4.69) is 26.5 Å². The van der Waals surface area contributed by atoms with E-state index in [-0.39, 0.29) is 12.2 Å². The molecule has 2 aromatic carbocycles. The summed E-state index contributed by atoms with van der Waals surface area (Å²) < 4.78 is 5.79. The number of nitrogens with one attached hydrogen (secondary N) is 1. The van der Waals surface area contributed by atoms with E-state index in [4.69, 9.17) is 4.74 Å². The lowest BCUT2D eigenvalue weighted by molar-refractivity contribution is -0.385. The van der Waals surface area contributed by atoms with E-state index in [0.717, 1.165) is 11.9 Å². The summed E-state index contributed by atoms with van der Waals surface area (Å²) in [7, 11) is 3.78. The molecule has 0 heterocycles. The molecule has 0 saturated carbocycles. The number of nitro benzene ring substituents is 1. The molecule has 0 aliphatic carbocycles. The summed E-state index contributed by atoms with van der Waals surface area (Å²) in [6.07, 6.45) is 1.11. The normalized spacial score (nSPS) is 10.6. The third-order valence-electron chi connectivity index (χ3n) is 3.38. The van der Waals surface area contributed by atoms with Crippen LogP contribution in [0.5, 0.6) is 11.5 Å². The quantitative estimate of drug-likeness (QED) is 0.391. The van der Waals surface area contributed by atoms with Gasteiger partial charge in [-0.25, -0.2) is 5.43 Å². The second-order valence-corrected chi connectivity index (χ2v) is 6.51. The Bertz CT molecular complexity index is 886. The zero-order valence-corrected chi connectivity index (χ0v) is 16.1. The molecule has 0 bridgehead atoms. The van der Waals surface area contributed by atoms with Gasteiger partial charge in [-0.15, -0.1) is 0 Å². The lowest BCUT2D eigenvalue weighted by atomic mass is 10.2. The smallest absolute Gasteiger partial charge is 0.312 e. The molecule has 0 unspecified atom stereocenters. The first-order chi connectivity index (χ1) is 12.8. The predicted octanol–water partition coefficient (Wildman–Crippen LogP) is 2.66. The van der Waals surface area contributed by atoms with Crippen molar-refractivity contribution in [3.05, 3.63) is 56.5 Å². The molecule has 9 nitrogen and oxygen atoms in total. The molecular weight excluding hydrogens is 420 g/mol. The number of hydrogen-bond acceptors (Lipinski definition) is 7. The number of halogens is 1. The minimum absolute atomic E-state index is 0.0796. The Hall–Kier alpha value is -3.14. The van der Waals surface area contributed by atoms with Gasteiger partial charge in [-0.3, -0.25) is 14.9 Å². The first-order valence-electron chi connectivity index (χ1n) is 7.67. The summed E-state index contributed by atoms with van der Waals surface area (Å²) in [4.78, 5) is 23.9. The molecule has 0 fully saturated rings. The maximum Gasteiger partial charge on any atom is 0.312 e. The van der Waals surface area contributed by atoms with Crippen molar-refractivity contribution in [1.82, 2.24) is 5.43 Å². The highest BCUT2D eigenvalue weighted by atomic mass is 79.9. The van der Waals surface area contributed by atoms with Crippen LogP contribution in [0.1, 0.15) is 5.56 Å². The average molecular weight is 437 g/mol. The summed E-state index contributed by atoms with van der Waals surface area (Å²) >= 11 is 3.11. The molecule has 1 amide bonds. The summed E-state index contributed by atoms with van der Waals surface area (Å²) in [5, 5.41) is 24.4. The van der Waals surface area contributed by atoms with Gasteiger partial charge < -0.3 is 14.7 Å². The Morgan fingerprint density at radius 1 is 1.41 bits per heavy atom. The molecule has 27 heavy (non-hydrogen) atoms. The van der Waals surface area contributed by atoms with Crippen molar-refractivity contribution in [3.8, 4) is 11.5 Å². The molecule has 2 aromatic rings. The lowest BCUT2D eigenvalue weighted by Crippen LogP contribution is -2.24. The van der Waals surface area contributed by atoms with Crippen LogP contribution in [0.15, 0.2) is 46.0 Å². The van der Waals surface area contributed by atoms with Crippen LogP contribution in [0, 0.1) is 10.1 Å². The molecule has 0 aliphatic heterocycles. The Morgan fingerprint density at radius 2 is 2.15 bits per heavy atom. The first-order valence-corrected chi connectivity index (χ1v) is 8.46. The van der Waals surface area contributed by atoms with Gasteiger partial charge in [0.05, 0.1) is 11.1 Å². The van der Waals surface area contributed by atoms with Gasteiger partial charge in [-0.1, -0.05) is 22.0 Å². The number of amides is 1. The second kappa shape index (κ2) is 8.99. The van der Waals surface area contributed by atoms with Crippen LogP contribution in [-0.2, 0) is 4.79 Å². The third kappa shape index (κ3) is 5.68. The van der Waals surface area contributed by atoms with E-state index >= 15 is 0 Å². The number of nitro groups is 1. The monoisotopic (exact) mass is 436 g/mol. The minimum Gasteiger partial charge on any atom is -0.502 e. The van der Waals surface area contributed by atoms with Gasteiger partial charge in [-0.05, 0) is 18.2 Å². The summed E-state index contributed by atoms with van der Waals surface area (Å²) in [5.74, 6) is -0.538. The van der Waals surface area contributed by atoms with Gasteiger partial charge in [0.15, 0.2) is 6.61 Å². The number of carbonyl (C=O) groups is 1. The number of anilines is 1. The van der Waals surface area contributed by atoms with Crippen molar-refractivity contribution in [2.45, 2.75) is 0 Å². The van der Waals surface area contributed by atoms with Crippen molar-refractivity contribution in [2.24, 2.45) is 5.10 Å². The average Bonchev–Trinajstić information content (AvgIpc) is 2.62. The molecule has 0 aromatic heterocycles. The second-order valence-electron chi connectivity index (χ2n) is 5.59. The highest BCUT2D eigenvalue weighted by Crippen LogP contribution is 2.32. The largest absolute Gasteiger partial charge is 0.502 e. The van der Waals surface area contributed by atoms with E-state index in [1.54, 1.807) is 12.1 Å². The zero-order chi connectivity index (χ0) is 20.0. The number of ether oxygens (including phenoxy) is 1. The van der Waals surface area contributed by atoms with Crippen LogP contribution in [0.4, 0.5) is 11.4 Å². The number of nitrogens with zero attached hydrogens (tertiary/aromatic N) is 3. The van der Waals surface area contributed by atoms with Crippen molar-refractivity contribution < 1.29 is 19.6 Å². The predicted molar refractivity (Wildman–Crippen MR) is 104 cm³/mol. The van der Waals surface area contributed by atoms with Gasteiger partial charge >= 0.3 is 5.69 Å². The summed E-state index contributed by atoms with van der Waals surface area (Å²) in [6, 6.07) is 9.82. The van der Waals surface area contributed by atoms with Crippen molar-refractivity contribution >= 4 is 39.4 Å². The highest BCUT2D eigenvalue weighted by Gasteiger charge is 2.17. The van der Waals surface area contributed by atoms with Crippen LogP contribution < -0.4 is 15.1 Å². The maximum atomic E-state index is 11.8. The molecule has 0 radical (unpaired) electrons. The Kier molecular flexibility index (Phi) is 6.72. The van der Waals surface area contributed by atoms with Crippen molar-refractivity contribution in [3.63, 3.8) is 0 Å².